The van der Waals surface area contributed by atoms with E-state index in [1.165, 1.54) is 12.5 Å². The fourth-order valence-electron chi connectivity index (χ4n) is 0.568. The van der Waals surface area contributed by atoms with Gasteiger partial charge in [0.15, 0.2) is 0 Å². The van der Waals surface area contributed by atoms with Crippen LogP contribution in [-0.4, -0.2) is 11.1 Å². The van der Waals surface area contributed by atoms with Crippen molar-refractivity contribution < 1.29 is 14.3 Å². The van der Waals surface area contributed by atoms with Gasteiger partial charge in [-0.05, 0) is 6.07 Å². The van der Waals surface area contributed by atoms with Gasteiger partial charge in [-0.15, -0.1) is 0 Å². The Bertz CT molecular complexity index is 188. The predicted molar refractivity (Wildman–Crippen MR) is 30.0 cm³/mol. The Morgan fingerprint density at radius 3 is 3.00 bits per heavy atom. The first-order valence-corrected chi connectivity index (χ1v) is 2.52. The normalized spacial score (nSPS) is 9.33. The maximum absolute atomic E-state index is 10.0. The Morgan fingerprint density at radius 1 is 1.78 bits per heavy atom. The molecule has 3 heteroatoms. The van der Waals surface area contributed by atoms with Gasteiger partial charge in [0, 0.05) is 5.56 Å². The zero-order valence-corrected chi connectivity index (χ0v) is 4.70. The monoisotopic (exact) mass is 126 g/mol. The number of hydrogen-bond acceptors (Lipinski definition) is 2. The number of carbonyl (C=O) groups is 1. The number of aliphatic carboxylic acids is 1. The first-order valence-electron chi connectivity index (χ1n) is 2.52. The lowest BCUT2D eigenvalue weighted by Crippen LogP contribution is -1.97. The van der Waals surface area contributed by atoms with Gasteiger partial charge < -0.3 is 9.52 Å². The highest BCUT2D eigenvalue weighted by molar-refractivity contribution is 5.69. The average Bonchev–Trinajstić information content (AvgIpc) is 2.15. The lowest BCUT2D eigenvalue weighted by atomic mass is 10.2. The van der Waals surface area contributed by atoms with Crippen molar-refractivity contribution in [2.45, 2.75) is 6.42 Å². The summed E-state index contributed by atoms with van der Waals surface area (Å²) in [6, 6.07) is 1.63. The molecule has 1 heterocycles. The van der Waals surface area contributed by atoms with E-state index in [1.54, 1.807) is 6.07 Å². The first kappa shape index (κ1) is 5.88. The summed E-state index contributed by atoms with van der Waals surface area (Å²) in [5, 5.41) is 8.24. The molecule has 48 valence electrons. The summed E-state index contributed by atoms with van der Waals surface area (Å²) in [5.74, 6) is -0.837. The van der Waals surface area contributed by atoms with Gasteiger partial charge in [-0.3, -0.25) is 4.79 Å². The van der Waals surface area contributed by atoms with Gasteiger partial charge in [0.05, 0.1) is 18.9 Å². The van der Waals surface area contributed by atoms with E-state index in [1.807, 2.05) is 0 Å². The van der Waals surface area contributed by atoms with Crippen molar-refractivity contribution >= 4 is 5.97 Å². The Morgan fingerprint density at radius 2 is 2.56 bits per heavy atom. The number of hydrogen-bond donors (Lipinski definition) is 1. The van der Waals surface area contributed by atoms with E-state index >= 15 is 0 Å². The SMILES string of the molecule is O=C(O)Cc1ccoc1. The van der Waals surface area contributed by atoms with Crippen LogP contribution in [0.4, 0.5) is 0 Å². The fraction of sp³-hybridized carbons (Fsp3) is 0.167. The summed E-state index contributed by atoms with van der Waals surface area (Å²) in [4.78, 5) is 10.0. The third-order valence-electron chi connectivity index (χ3n) is 0.935. The quantitative estimate of drug-likeness (QED) is 0.640. The van der Waals surface area contributed by atoms with Crippen LogP contribution in [0, 0.1) is 0 Å². The Labute approximate surface area is 51.9 Å². The highest BCUT2D eigenvalue weighted by Gasteiger charge is 1.98. The molecular weight excluding hydrogens is 120 g/mol. The van der Waals surface area contributed by atoms with Crippen molar-refractivity contribution in [3.05, 3.63) is 24.2 Å². The maximum atomic E-state index is 10.0. The van der Waals surface area contributed by atoms with E-state index in [0.717, 1.165) is 0 Å². The van der Waals surface area contributed by atoms with E-state index in [9.17, 15) is 4.79 Å². The molecule has 0 unspecified atom stereocenters. The minimum atomic E-state index is -0.837. The van der Waals surface area contributed by atoms with Gasteiger partial charge in [0.1, 0.15) is 0 Å². The number of rotatable bonds is 2. The van der Waals surface area contributed by atoms with Crippen molar-refractivity contribution in [2.24, 2.45) is 0 Å². The van der Waals surface area contributed by atoms with Crippen LogP contribution in [0.1, 0.15) is 5.56 Å². The van der Waals surface area contributed by atoms with Crippen LogP contribution in [0.3, 0.4) is 0 Å². The zero-order valence-electron chi connectivity index (χ0n) is 4.70. The largest absolute Gasteiger partial charge is 0.481 e. The van der Waals surface area contributed by atoms with Gasteiger partial charge in [-0.2, -0.15) is 0 Å². The van der Waals surface area contributed by atoms with Gasteiger partial charge >= 0.3 is 5.97 Å². The lowest BCUT2D eigenvalue weighted by molar-refractivity contribution is -0.136. The number of furan rings is 1. The van der Waals surface area contributed by atoms with Crippen LogP contribution in [0.2, 0.25) is 0 Å². The van der Waals surface area contributed by atoms with Crippen LogP contribution in [0.5, 0.6) is 0 Å². The molecule has 1 N–H and O–H groups in total. The summed E-state index contributed by atoms with van der Waals surface area (Å²) >= 11 is 0. The third kappa shape index (κ3) is 1.60. The summed E-state index contributed by atoms with van der Waals surface area (Å²) in [5.41, 5.74) is 0.697. The second kappa shape index (κ2) is 2.35. The van der Waals surface area contributed by atoms with E-state index in [0.29, 0.717) is 5.56 Å². The van der Waals surface area contributed by atoms with E-state index in [4.69, 9.17) is 5.11 Å². The van der Waals surface area contributed by atoms with Gasteiger partial charge in [0.2, 0.25) is 0 Å². The molecule has 0 saturated heterocycles. The highest BCUT2D eigenvalue weighted by atomic mass is 16.4. The van der Waals surface area contributed by atoms with Crippen molar-refractivity contribution in [1.82, 2.24) is 0 Å². The Hall–Kier alpha value is -1.25. The van der Waals surface area contributed by atoms with E-state index in [-0.39, 0.29) is 6.42 Å². The Balaban J connectivity index is 2.58. The maximum Gasteiger partial charge on any atom is 0.307 e. The molecule has 1 aromatic heterocycles. The molecule has 0 aliphatic heterocycles. The smallest absolute Gasteiger partial charge is 0.307 e. The standard InChI is InChI=1S/C6H6O3/c7-6(8)3-5-1-2-9-4-5/h1-2,4H,3H2,(H,7,8). The first-order chi connectivity index (χ1) is 4.29. The zero-order chi connectivity index (χ0) is 6.69. The van der Waals surface area contributed by atoms with Crippen LogP contribution < -0.4 is 0 Å². The summed E-state index contributed by atoms with van der Waals surface area (Å²) in [6.45, 7) is 0. The molecular formula is C6H6O3. The number of carboxylic acids is 1. The number of carboxylic acid groups (broad SMARTS) is 1. The molecule has 0 fully saturated rings. The molecule has 0 radical (unpaired) electrons. The summed E-state index contributed by atoms with van der Waals surface area (Å²) in [6.07, 6.45) is 2.92. The highest BCUT2D eigenvalue weighted by Crippen LogP contribution is 1.99. The topological polar surface area (TPSA) is 50.4 Å². The molecule has 0 aliphatic carbocycles. The predicted octanol–water partition coefficient (Wildman–Crippen LogP) is 0.907. The molecule has 0 atom stereocenters. The molecule has 0 saturated carbocycles. The van der Waals surface area contributed by atoms with Crippen molar-refractivity contribution in [2.75, 3.05) is 0 Å². The molecule has 0 spiro atoms. The summed E-state index contributed by atoms with van der Waals surface area (Å²) in [7, 11) is 0. The molecule has 0 aliphatic rings. The van der Waals surface area contributed by atoms with Crippen molar-refractivity contribution in [1.29, 1.82) is 0 Å². The molecule has 1 aromatic rings. The molecule has 0 aromatic carbocycles. The minimum absolute atomic E-state index is 0.0382. The Kier molecular flexibility index (Phi) is 1.53. The van der Waals surface area contributed by atoms with Gasteiger partial charge in [-0.25, -0.2) is 0 Å². The van der Waals surface area contributed by atoms with Crippen LogP contribution in [0.25, 0.3) is 0 Å². The molecule has 0 amide bonds. The molecule has 9 heavy (non-hydrogen) atoms. The fourth-order valence-corrected chi connectivity index (χ4v) is 0.568. The van der Waals surface area contributed by atoms with E-state index < -0.39 is 5.97 Å². The van der Waals surface area contributed by atoms with Crippen molar-refractivity contribution in [3.8, 4) is 0 Å². The average molecular weight is 126 g/mol. The second-order valence-electron chi connectivity index (χ2n) is 1.70. The molecule has 1 rings (SSSR count). The van der Waals surface area contributed by atoms with Crippen LogP contribution in [0.15, 0.2) is 23.0 Å². The van der Waals surface area contributed by atoms with Crippen LogP contribution in [-0.2, 0) is 11.2 Å². The lowest BCUT2D eigenvalue weighted by Gasteiger charge is -1.84. The van der Waals surface area contributed by atoms with Crippen LogP contribution >= 0.6 is 0 Å². The van der Waals surface area contributed by atoms with E-state index in [2.05, 4.69) is 4.42 Å². The molecule has 0 bridgehead atoms. The third-order valence-corrected chi connectivity index (χ3v) is 0.935. The molecule has 3 nitrogen and oxygen atoms in total. The van der Waals surface area contributed by atoms with Crippen molar-refractivity contribution in [3.63, 3.8) is 0 Å². The minimum Gasteiger partial charge on any atom is -0.481 e. The summed E-state index contributed by atoms with van der Waals surface area (Å²) < 4.78 is 4.65. The second-order valence-corrected chi connectivity index (χ2v) is 1.70. The van der Waals surface area contributed by atoms with Gasteiger partial charge in [-0.1, -0.05) is 0 Å². The van der Waals surface area contributed by atoms with Gasteiger partial charge in [0.25, 0.3) is 0 Å².